The molecule has 0 aliphatic rings. The van der Waals surface area contributed by atoms with Crippen LogP contribution in [-0.4, -0.2) is 42.1 Å². The molecule has 0 amide bonds. The van der Waals surface area contributed by atoms with E-state index >= 15 is 0 Å². The van der Waals surface area contributed by atoms with Crippen LogP contribution >= 0.6 is 0 Å². The van der Waals surface area contributed by atoms with Crippen LogP contribution in [0.25, 0.3) is 10.9 Å². The molecule has 9 nitrogen and oxygen atoms in total. The molecule has 0 aliphatic heterocycles. The molecule has 32 heavy (non-hydrogen) atoms. The molecular formula is C22H21N7O2S. The predicted molar refractivity (Wildman–Crippen MR) is 125 cm³/mol. The van der Waals surface area contributed by atoms with Crippen molar-refractivity contribution < 1.29 is 9.32 Å². The molecule has 4 rings (SSSR count). The maximum atomic E-state index is 11.3. The first-order valence-electron chi connectivity index (χ1n) is 9.77. The molecule has 162 valence electrons. The molecule has 0 saturated heterocycles. The first-order valence-corrected chi connectivity index (χ1v) is 11.0. The van der Waals surface area contributed by atoms with Crippen molar-refractivity contribution in [3.63, 3.8) is 0 Å². The monoisotopic (exact) mass is 447 g/mol. The Balaban J connectivity index is 1.62. The topological polar surface area (TPSA) is 140 Å². The minimum atomic E-state index is -2.13. The summed E-state index contributed by atoms with van der Waals surface area (Å²) < 4.78 is 18.6. The normalized spacial score (nSPS) is 12.6. The van der Waals surface area contributed by atoms with Gasteiger partial charge in [0.2, 0.25) is 5.95 Å². The van der Waals surface area contributed by atoms with Crippen LogP contribution in [-0.2, 0) is 10.6 Å². The molecule has 0 fully saturated rings. The van der Waals surface area contributed by atoms with Gasteiger partial charge in [-0.15, -0.1) is 0 Å². The fourth-order valence-corrected chi connectivity index (χ4v) is 3.31. The molecule has 2 aromatic heterocycles. The zero-order valence-corrected chi connectivity index (χ0v) is 18.0. The standard InChI is InChI=1S/C22H21N7O2S/c1-14(13-30)26-21-16(4-2-15-3-9-20-17(10-15)12-25-29-20)11-24-22(28-21)27-18-5-7-19(8-6-18)32(23)31/h3,5-12,14,23,30,32H,13H2,1H3,(H,25,29)(H2,24,26,27,28)/t14-/m1/s1. The number of nitrogens with zero attached hydrogens (tertiary/aromatic N) is 3. The molecule has 0 spiro atoms. The third kappa shape index (κ3) is 5.03. The van der Waals surface area contributed by atoms with Gasteiger partial charge >= 0.3 is 0 Å². The summed E-state index contributed by atoms with van der Waals surface area (Å²) in [7, 11) is -2.13. The van der Waals surface area contributed by atoms with Crippen molar-refractivity contribution in [3.8, 4) is 11.8 Å². The van der Waals surface area contributed by atoms with Gasteiger partial charge in [0.1, 0.15) is 5.82 Å². The highest BCUT2D eigenvalue weighted by Gasteiger charge is 2.09. The Morgan fingerprint density at radius 1 is 1.19 bits per heavy atom. The fraction of sp³-hybridized carbons (Fsp3) is 0.136. The van der Waals surface area contributed by atoms with Crippen LogP contribution in [0.15, 0.2) is 59.8 Å². The van der Waals surface area contributed by atoms with Gasteiger partial charge < -0.3 is 15.7 Å². The van der Waals surface area contributed by atoms with Gasteiger partial charge in [0.25, 0.3) is 0 Å². The molecule has 2 atom stereocenters. The number of aromatic nitrogens is 4. The Bertz CT molecular complexity index is 1380. The number of H-pyrrole nitrogens is 1. The third-order valence-electron chi connectivity index (χ3n) is 4.59. The summed E-state index contributed by atoms with van der Waals surface area (Å²) in [4.78, 5) is 9.30. The van der Waals surface area contributed by atoms with Gasteiger partial charge in [0.15, 0.2) is 0 Å². The fourth-order valence-electron chi connectivity index (χ4n) is 2.89. The van der Waals surface area contributed by atoms with E-state index in [9.17, 15) is 9.32 Å². The average molecular weight is 448 g/mol. The highest BCUT2D eigenvalue weighted by Crippen LogP contribution is 2.19. The summed E-state index contributed by atoms with van der Waals surface area (Å²) in [6, 6.07) is 12.2. The van der Waals surface area contributed by atoms with E-state index < -0.39 is 10.6 Å². The molecule has 0 saturated carbocycles. The summed E-state index contributed by atoms with van der Waals surface area (Å²) in [5.41, 5.74) is 3.05. The van der Waals surface area contributed by atoms with Gasteiger partial charge in [-0.3, -0.25) is 9.88 Å². The van der Waals surface area contributed by atoms with Crippen molar-refractivity contribution in [3.05, 3.63) is 66.0 Å². The summed E-state index contributed by atoms with van der Waals surface area (Å²) in [5.74, 6) is 7.05. The van der Waals surface area contributed by atoms with Crippen molar-refractivity contribution in [2.75, 3.05) is 17.2 Å². The second-order valence-electron chi connectivity index (χ2n) is 7.07. The minimum absolute atomic E-state index is 0.0659. The number of aromatic amines is 1. The van der Waals surface area contributed by atoms with Crippen LogP contribution in [0.2, 0.25) is 0 Å². The number of fused-ring (bicyclic) bond motifs is 1. The zero-order chi connectivity index (χ0) is 22.5. The lowest BCUT2D eigenvalue weighted by Crippen LogP contribution is -2.21. The molecule has 1 unspecified atom stereocenters. The van der Waals surface area contributed by atoms with E-state index in [1.165, 1.54) is 0 Å². The molecule has 0 aliphatic carbocycles. The Morgan fingerprint density at radius 2 is 2.00 bits per heavy atom. The van der Waals surface area contributed by atoms with E-state index in [2.05, 4.69) is 42.6 Å². The zero-order valence-electron chi connectivity index (χ0n) is 17.1. The number of benzene rings is 2. The molecule has 2 heterocycles. The van der Waals surface area contributed by atoms with Crippen molar-refractivity contribution in [1.29, 1.82) is 4.78 Å². The van der Waals surface area contributed by atoms with E-state index in [1.54, 1.807) is 36.7 Å². The highest BCUT2D eigenvalue weighted by molar-refractivity contribution is 7.73. The molecule has 10 heteroatoms. The molecule has 4 aromatic rings. The van der Waals surface area contributed by atoms with E-state index in [-0.39, 0.29) is 12.6 Å². The van der Waals surface area contributed by atoms with Crippen LogP contribution in [0.4, 0.5) is 17.5 Å². The largest absolute Gasteiger partial charge is 0.394 e. The predicted octanol–water partition coefficient (Wildman–Crippen LogP) is 2.89. The minimum Gasteiger partial charge on any atom is -0.394 e. The van der Waals surface area contributed by atoms with Crippen LogP contribution in [0.3, 0.4) is 0 Å². The van der Waals surface area contributed by atoms with Gasteiger partial charge in [0, 0.05) is 27.6 Å². The molecule has 0 bridgehead atoms. The van der Waals surface area contributed by atoms with Crippen LogP contribution in [0, 0.1) is 16.6 Å². The Morgan fingerprint density at radius 3 is 2.75 bits per heavy atom. The second-order valence-corrected chi connectivity index (χ2v) is 8.18. The first kappa shape index (κ1) is 21.3. The van der Waals surface area contributed by atoms with Gasteiger partial charge in [-0.05, 0) is 49.4 Å². The van der Waals surface area contributed by atoms with Gasteiger partial charge in [0.05, 0.1) is 40.7 Å². The van der Waals surface area contributed by atoms with E-state index in [1.807, 2.05) is 25.1 Å². The molecule has 5 N–H and O–H groups in total. The Labute approximate surface area is 186 Å². The number of hydrogen-bond donors (Lipinski definition) is 6. The lowest BCUT2D eigenvalue weighted by Gasteiger charge is -2.14. The lowest BCUT2D eigenvalue weighted by molar-refractivity contribution is 0.281. The number of aliphatic hydroxyl groups excluding tert-OH is 1. The van der Waals surface area contributed by atoms with Gasteiger partial charge in [-0.2, -0.15) is 10.1 Å². The quantitative estimate of drug-likeness (QED) is 0.197. The molecular weight excluding hydrogens is 426 g/mol. The lowest BCUT2D eigenvalue weighted by atomic mass is 10.1. The number of aliphatic hydroxyl groups is 1. The first-order chi connectivity index (χ1) is 15.5. The van der Waals surface area contributed by atoms with Gasteiger partial charge in [-0.25, -0.2) is 9.19 Å². The number of thiol groups is 1. The summed E-state index contributed by atoms with van der Waals surface area (Å²) in [6.07, 6.45) is 3.36. The molecule has 0 radical (unpaired) electrons. The summed E-state index contributed by atoms with van der Waals surface area (Å²) in [6.45, 7) is 1.77. The summed E-state index contributed by atoms with van der Waals surface area (Å²) in [5, 5.41) is 23.6. The van der Waals surface area contributed by atoms with Crippen LogP contribution < -0.4 is 10.6 Å². The highest BCUT2D eigenvalue weighted by atomic mass is 32.2. The van der Waals surface area contributed by atoms with Crippen molar-refractivity contribution >= 4 is 39.0 Å². The van der Waals surface area contributed by atoms with Gasteiger partial charge in [-0.1, -0.05) is 11.8 Å². The number of anilines is 3. The third-order valence-corrected chi connectivity index (χ3v) is 5.35. The Hall–Kier alpha value is -3.94. The van der Waals surface area contributed by atoms with E-state index in [0.29, 0.717) is 27.9 Å². The number of rotatable bonds is 6. The van der Waals surface area contributed by atoms with Crippen molar-refractivity contribution in [2.24, 2.45) is 0 Å². The number of hydrogen-bond acceptors (Lipinski definition) is 8. The van der Waals surface area contributed by atoms with Crippen molar-refractivity contribution in [2.45, 2.75) is 17.9 Å². The SMILES string of the molecule is C[C@H](CO)Nc1nc(Nc2ccc([SH](=N)=O)cc2)ncc1C#Cc1ccc2[nH]ncc2c1. The van der Waals surface area contributed by atoms with Crippen molar-refractivity contribution in [1.82, 2.24) is 20.2 Å². The summed E-state index contributed by atoms with van der Waals surface area (Å²) >= 11 is 0. The van der Waals surface area contributed by atoms with Crippen LogP contribution in [0.5, 0.6) is 0 Å². The number of nitrogens with one attached hydrogen (secondary N) is 4. The molecule has 2 aromatic carbocycles. The van der Waals surface area contributed by atoms with E-state index in [0.717, 1.165) is 16.5 Å². The van der Waals surface area contributed by atoms with E-state index in [4.69, 9.17) is 4.78 Å². The second kappa shape index (κ2) is 9.47. The smallest absolute Gasteiger partial charge is 0.229 e. The maximum absolute atomic E-state index is 11.3. The maximum Gasteiger partial charge on any atom is 0.229 e. The van der Waals surface area contributed by atoms with Crippen LogP contribution in [0.1, 0.15) is 18.1 Å². The average Bonchev–Trinajstić information content (AvgIpc) is 3.27. The Kier molecular flexibility index (Phi) is 6.30.